The largest absolute Gasteiger partial charge is 0.476 e. The third-order valence-corrected chi connectivity index (χ3v) is 2.64. The molecule has 2 heterocycles. The van der Waals surface area contributed by atoms with Gasteiger partial charge in [0.15, 0.2) is 0 Å². The zero-order chi connectivity index (χ0) is 11.4. The molecule has 16 heavy (non-hydrogen) atoms. The molecule has 1 aliphatic rings. The summed E-state index contributed by atoms with van der Waals surface area (Å²) < 4.78 is 11.2. The van der Waals surface area contributed by atoms with Crippen LogP contribution in [0.2, 0.25) is 0 Å². The van der Waals surface area contributed by atoms with E-state index in [1.54, 1.807) is 0 Å². The van der Waals surface area contributed by atoms with E-state index < -0.39 is 0 Å². The van der Waals surface area contributed by atoms with Crippen molar-refractivity contribution in [3.8, 4) is 11.8 Å². The fourth-order valence-electron chi connectivity index (χ4n) is 1.51. The second-order valence-electron chi connectivity index (χ2n) is 3.98. The zero-order valence-electron chi connectivity index (χ0n) is 9.82. The van der Waals surface area contributed by atoms with Gasteiger partial charge in [-0.3, -0.25) is 0 Å². The molecule has 1 aromatic rings. The maximum atomic E-state index is 5.66. The van der Waals surface area contributed by atoms with Crippen LogP contribution in [0, 0.1) is 0 Å². The number of pyridine rings is 1. The van der Waals surface area contributed by atoms with E-state index in [1.165, 1.54) is 0 Å². The van der Waals surface area contributed by atoms with Crippen LogP contribution >= 0.6 is 0 Å². The summed E-state index contributed by atoms with van der Waals surface area (Å²) >= 11 is 0. The summed E-state index contributed by atoms with van der Waals surface area (Å²) in [5.41, 5.74) is 1.09. The van der Waals surface area contributed by atoms with E-state index in [-0.39, 0.29) is 6.10 Å². The highest BCUT2D eigenvalue weighted by Gasteiger charge is 2.12. The van der Waals surface area contributed by atoms with Crippen LogP contribution in [-0.2, 0) is 6.54 Å². The molecule has 1 aliphatic heterocycles. The number of nitrogens with one attached hydrogen (secondary N) is 1. The standard InChI is InChI=1S/C12H18N2O2/c1-3-9(2)16-11-5-4-10-8-13-6-7-15-12(10)14-11/h4-5,9,13H,3,6-8H2,1-2H3. The Morgan fingerprint density at radius 1 is 1.56 bits per heavy atom. The molecule has 4 nitrogen and oxygen atoms in total. The average Bonchev–Trinajstić information content (AvgIpc) is 2.53. The molecule has 1 atom stereocenters. The molecule has 4 heteroatoms. The SMILES string of the molecule is CCC(C)Oc1ccc2c(n1)OCCNC2. The lowest BCUT2D eigenvalue weighted by Gasteiger charge is -2.13. The molecule has 0 fully saturated rings. The van der Waals surface area contributed by atoms with Crippen LogP contribution in [0.4, 0.5) is 0 Å². The quantitative estimate of drug-likeness (QED) is 0.846. The lowest BCUT2D eigenvalue weighted by atomic mass is 10.2. The van der Waals surface area contributed by atoms with Crippen molar-refractivity contribution in [2.75, 3.05) is 13.2 Å². The number of nitrogens with zero attached hydrogens (tertiary/aromatic N) is 1. The van der Waals surface area contributed by atoms with Gasteiger partial charge < -0.3 is 14.8 Å². The maximum absolute atomic E-state index is 5.66. The van der Waals surface area contributed by atoms with Gasteiger partial charge >= 0.3 is 0 Å². The first kappa shape index (κ1) is 11.2. The first-order chi connectivity index (χ1) is 7.79. The van der Waals surface area contributed by atoms with Crippen molar-refractivity contribution in [2.45, 2.75) is 32.9 Å². The van der Waals surface area contributed by atoms with Crippen LogP contribution in [0.25, 0.3) is 0 Å². The van der Waals surface area contributed by atoms with Crippen molar-refractivity contribution in [2.24, 2.45) is 0 Å². The van der Waals surface area contributed by atoms with Gasteiger partial charge in [0.2, 0.25) is 11.8 Å². The van der Waals surface area contributed by atoms with Gasteiger partial charge in [0.05, 0.1) is 6.10 Å². The van der Waals surface area contributed by atoms with E-state index in [4.69, 9.17) is 9.47 Å². The molecule has 0 aliphatic carbocycles. The third kappa shape index (κ3) is 2.64. The molecular formula is C12H18N2O2. The van der Waals surface area contributed by atoms with Gasteiger partial charge in [-0.1, -0.05) is 6.92 Å². The minimum atomic E-state index is 0.189. The molecule has 0 saturated heterocycles. The van der Waals surface area contributed by atoms with Gasteiger partial charge in [0.1, 0.15) is 6.61 Å². The van der Waals surface area contributed by atoms with Crippen LogP contribution in [-0.4, -0.2) is 24.2 Å². The molecule has 1 aromatic heterocycles. The molecule has 88 valence electrons. The van der Waals surface area contributed by atoms with Crippen LogP contribution in [0.3, 0.4) is 0 Å². The Balaban J connectivity index is 2.14. The van der Waals surface area contributed by atoms with Gasteiger partial charge in [0.25, 0.3) is 0 Å². The maximum Gasteiger partial charge on any atom is 0.221 e. The Hall–Kier alpha value is -1.29. The second-order valence-corrected chi connectivity index (χ2v) is 3.98. The van der Waals surface area contributed by atoms with Gasteiger partial charge in [0, 0.05) is 24.7 Å². The van der Waals surface area contributed by atoms with Crippen LogP contribution in [0.1, 0.15) is 25.8 Å². The number of hydrogen-bond donors (Lipinski definition) is 1. The first-order valence-electron chi connectivity index (χ1n) is 5.79. The highest BCUT2D eigenvalue weighted by molar-refractivity contribution is 5.31. The van der Waals surface area contributed by atoms with Crippen LogP contribution < -0.4 is 14.8 Å². The smallest absolute Gasteiger partial charge is 0.221 e. The lowest BCUT2D eigenvalue weighted by Crippen LogP contribution is -2.16. The van der Waals surface area contributed by atoms with Crippen LogP contribution in [0.5, 0.6) is 11.8 Å². The normalized spacial score (nSPS) is 16.9. The van der Waals surface area contributed by atoms with E-state index in [0.29, 0.717) is 18.4 Å². The van der Waals surface area contributed by atoms with Gasteiger partial charge in [-0.2, -0.15) is 4.98 Å². The van der Waals surface area contributed by atoms with E-state index in [0.717, 1.165) is 25.1 Å². The topological polar surface area (TPSA) is 43.4 Å². The highest BCUT2D eigenvalue weighted by Crippen LogP contribution is 2.22. The molecule has 0 amide bonds. The second kappa shape index (κ2) is 5.16. The molecule has 2 rings (SSSR count). The van der Waals surface area contributed by atoms with Crippen molar-refractivity contribution >= 4 is 0 Å². The molecule has 0 bridgehead atoms. The molecule has 0 spiro atoms. The Morgan fingerprint density at radius 3 is 3.25 bits per heavy atom. The predicted octanol–water partition coefficient (Wildman–Crippen LogP) is 1.74. The Kier molecular flexibility index (Phi) is 3.62. The number of fused-ring (bicyclic) bond motifs is 1. The van der Waals surface area contributed by atoms with Gasteiger partial charge in [-0.15, -0.1) is 0 Å². The number of rotatable bonds is 3. The third-order valence-electron chi connectivity index (χ3n) is 2.64. The van der Waals surface area contributed by atoms with Crippen molar-refractivity contribution in [3.63, 3.8) is 0 Å². The Bertz CT molecular complexity index is 355. The summed E-state index contributed by atoms with van der Waals surface area (Å²) in [5, 5.41) is 3.27. The van der Waals surface area contributed by atoms with Gasteiger partial charge in [-0.25, -0.2) is 0 Å². The molecule has 1 unspecified atom stereocenters. The number of hydrogen-bond acceptors (Lipinski definition) is 4. The summed E-state index contributed by atoms with van der Waals surface area (Å²) in [5.74, 6) is 1.35. The molecule has 1 N–H and O–H groups in total. The minimum Gasteiger partial charge on any atom is -0.476 e. The average molecular weight is 222 g/mol. The molecule has 0 aromatic carbocycles. The lowest BCUT2D eigenvalue weighted by molar-refractivity contribution is 0.204. The predicted molar refractivity (Wildman–Crippen MR) is 61.8 cm³/mol. The Morgan fingerprint density at radius 2 is 2.44 bits per heavy atom. The molecule has 0 saturated carbocycles. The summed E-state index contributed by atoms with van der Waals surface area (Å²) in [4.78, 5) is 4.38. The van der Waals surface area contributed by atoms with E-state index >= 15 is 0 Å². The fraction of sp³-hybridized carbons (Fsp3) is 0.583. The highest BCUT2D eigenvalue weighted by atomic mass is 16.5. The zero-order valence-corrected chi connectivity index (χ0v) is 9.82. The number of ether oxygens (including phenoxy) is 2. The monoisotopic (exact) mass is 222 g/mol. The molecule has 0 radical (unpaired) electrons. The van der Waals surface area contributed by atoms with Crippen molar-refractivity contribution in [1.29, 1.82) is 0 Å². The van der Waals surface area contributed by atoms with Crippen molar-refractivity contribution in [3.05, 3.63) is 17.7 Å². The van der Waals surface area contributed by atoms with E-state index in [9.17, 15) is 0 Å². The van der Waals surface area contributed by atoms with Gasteiger partial charge in [-0.05, 0) is 19.4 Å². The number of aromatic nitrogens is 1. The molecular weight excluding hydrogens is 204 g/mol. The summed E-state index contributed by atoms with van der Waals surface area (Å²) in [6, 6.07) is 3.92. The van der Waals surface area contributed by atoms with E-state index in [1.807, 2.05) is 19.1 Å². The minimum absolute atomic E-state index is 0.189. The van der Waals surface area contributed by atoms with Crippen molar-refractivity contribution < 1.29 is 9.47 Å². The summed E-state index contributed by atoms with van der Waals surface area (Å²) in [6.45, 7) is 6.46. The fourth-order valence-corrected chi connectivity index (χ4v) is 1.51. The van der Waals surface area contributed by atoms with Crippen LogP contribution in [0.15, 0.2) is 12.1 Å². The summed E-state index contributed by atoms with van der Waals surface area (Å²) in [7, 11) is 0. The first-order valence-corrected chi connectivity index (χ1v) is 5.79. The summed E-state index contributed by atoms with van der Waals surface area (Å²) in [6.07, 6.45) is 1.16. The Labute approximate surface area is 96.0 Å². The van der Waals surface area contributed by atoms with E-state index in [2.05, 4.69) is 17.2 Å². The van der Waals surface area contributed by atoms with Crippen molar-refractivity contribution in [1.82, 2.24) is 10.3 Å².